The van der Waals surface area contributed by atoms with Crippen LogP contribution in [-0.4, -0.2) is 23.1 Å². The molecule has 0 atom stereocenters. The van der Waals surface area contributed by atoms with Gasteiger partial charge in [-0.25, -0.2) is 9.59 Å². The summed E-state index contributed by atoms with van der Waals surface area (Å²) in [6.45, 7) is 17.0. The molecule has 0 unspecified atom stereocenters. The van der Waals surface area contributed by atoms with Crippen LogP contribution in [0.4, 0.5) is 0 Å². The fraction of sp³-hybridized carbons (Fsp3) is 0.600. The maximum atomic E-state index is 12.4. The van der Waals surface area contributed by atoms with Crippen molar-refractivity contribution < 1.29 is 19.1 Å². The van der Waals surface area contributed by atoms with Crippen molar-refractivity contribution in [3.8, 4) is 0 Å². The molecule has 4 nitrogen and oxygen atoms in total. The van der Waals surface area contributed by atoms with Crippen molar-refractivity contribution in [1.82, 2.24) is 0 Å². The highest BCUT2D eigenvalue weighted by atomic mass is 16.6. The van der Waals surface area contributed by atoms with Gasteiger partial charge in [-0.15, -0.1) is 0 Å². The lowest BCUT2D eigenvalue weighted by Gasteiger charge is -2.24. The summed E-state index contributed by atoms with van der Waals surface area (Å²) >= 11 is 0. The van der Waals surface area contributed by atoms with Crippen LogP contribution in [0, 0.1) is 0 Å². The van der Waals surface area contributed by atoms with Gasteiger partial charge >= 0.3 is 11.9 Å². The van der Waals surface area contributed by atoms with Gasteiger partial charge < -0.3 is 9.47 Å². The Balaban J connectivity index is 3.33. The third kappa shape index (κ3) is 6.34. The quantitative estimate of drug-likeness (QED) is 0.722. The van der Waals surface area contributed by atoms with Crippen molar-refractivity contribution in [2.24, 2.45) is 0 Å². The lowest BCUT2D eigenvalue weighted by Crippen LogP contribution is -2.26. The van der Waals surface area contributed by atoms with Crippen LogP contribution in [0.25, 0.3) is 0 Å². The molecule has 0 N–H and O–H groups in total. The van der Waals surface area contributed by atoms with Crippen LogP contribution in [0.1, 0.15) is 88.6 Å². The zero-order valence-corrected chi connectivity index (χ0v) is 16.4. The van der Waals surface area contributed by atoms with Crippen LogP contribution < -0.4 is 0 Å². The standard InChI is InChI=1S/C20H30O4/c1-18(2,3)15-11-13(16(21)23-19(4,5)6)10-14(12-15)17(22)24-20(7,8)9/h10-12H,1-9H3. The van der Waals surface area contributed by atoms with Crippen LogP contribution >= 0.6 is 0 Å². The fourth-order valence-corrected chi connectivity index (χ4v) is 1.97. The van der Waals surface area contributed by atoms with Crippen LogP contribution in [0.15, 0.2) is 18.2 Å². The average Bonchev–Trinajstić information content (AvgIpc) is 2.33. The summed E-state index contributed by atoms with van der Waals surface area (Å²) in [6.07, 6.45) is 0. The van der Waals surface area contributed by atoms with E-state index in [1.54, 1.807) is 12.1 Å². The lowest BCUT2D eigenvalue weighted by molar-refractivity contribution is 0.00676. The molecule has 24 heavy (non-hydrogen) atoms. The summed E-state index contributed by atoms with van der Waals surface area (Å²) in [5.74, 6) is -0.892. The maximum absolute atomic E-state index is 12.4. The first kappa shape index (κ1) is 20.2. The summed E-state index contributed by atoms with van der Waals surface area (Å²) in [6, 6.07) is 5.10. The molecule has 0 aromatic heterocycles. The predicted molar refractivity (Wildman–Crippen MR) is 95.5 cm³/mol. The molecule has 1 aromatic carbocycles. The van der Waals surface area contributed by atoms with E-state index in [-0.39, 0.29) is 5.41 Å². The van der Waals surface area contributed by atoms with Gasteiger partial charge in [0.25, 0.3) is 0 Å². The van der Waals surface area contributed by atoms with Gasteiger partial charge in [-0.05, 0) is 70.7 Å². The molecule has 1 rings (SSSR count). The van der Waals surface area contributed by atoms with Crippen molar-refractivity contribution in [2.45, 2.75) is 78.9 Å². The largest absolute Gasteiger partial charge is 0.456 e. The number of carbonyl (C=O) groups excluding carboxylic acids is 2. The SMILES string of the molecule is CC(C)(C)OC(=O)c1cc(C(=O)OC(C)(C)C)cc(C(C)(C)C)c1. The molecular formula is C20H30O4. The molecule has 0 heterocycles. The van der Waals surface area contributed by atoms with Crippen LogP contribution in [0.2, 0.25) is 0 Å². The van der Waals surface area contributed by atoms with Crippen LogP contribution in [0.5, 0.6) is 0 Å². The zero-order valence-electron chi connectivity index (χ0n) is 16.4. The molecule has 134 valence electrons. The fourth-order valence-electron chi connectivity index (χ4n) is 1.97. The van der Waals surface area contributed by atoms with Gasteiger partial charge in [-0.2, -0.15) is 0 Å². The van der Waals surface area contributed by atoms with Gasteiger partial charge in [-0.1, -0.05) is 20.8 Å². The van der Waals surface area contributed by atoms with Crippen LogP contribution in [0.3, 0.4) is 0 Å². The van der Waals surface area contributed by atoms with E-state index in [9.17, 15) is 9.59 Å². The molecule has 0 aliphatic rings. The predicted octanol–water partition coefficient (Wildman–Crippen LogP) is 4.89. The highest BCUT2D eigenvalue weighted by Crippen LogP contribution is 2.26. The van der Waals surface area contributed by atoms with E-state index in [1.165, 1.54) is 6.07 Å². The van der Waals surface area contributed by atoms with E-state index in [0.29, 0.717) is 11.1 Å². The Hall–Kier alpha value is -1.84. The minimum atomic E-state index is -0.596. The second kappa shape index (κ2) is 6.58. The Bertz CT molecular complexity index is 576. The number of benzene rings is 1. The summed E-state index contributed by atoms with van der Waals surface area (Å²) in [7, 11) is 0. The summed E-state index contributed by atoms with van der Waals surface area (Å²) in [4.78, 5) is 24.9. The van der Waals surface area contributed by atoms with Crippen molar-refractivity contribution in [3.63, 3.8) is 0 Å². The average molecular weight is 334 g/mol. The van der Waals surface area contributed by atoms with Crippen molar-refractivity contribution in [3.05, 3.63) is 34.9 Å². The molecule has 0 spiro atoms. The van der Waals surface area contributed by atoms with Crippen molar-refractivity contribution >= 4 is 11.9 Å². The highest BCUT2D eigenvalue weighted by molar-refractivity contribution is 5.96. The molecule has 0 fully saturated rings. The van der Waals surface area contributed by atoms with Gasteiger partial charge in [0.15, 0.2) is 0 Å². The second-order valence-corrected chi connectivity index (χ2v) is 9.05. The van der Waals surface area contributed by atoms with E-state index in [2.05, 4.69) is 0 Å². The molecule has 0 aliphatic heterocycles. The van der Waals surface area contributed by atoms with Gasteiger partial charge in [0.2, 0.25) is 0 Å². The number of hydrogen-bond acceptors (Lipinski definition) is 4. The Morgan fingerprint density at radius 3 is 1.25 bits per heavy atom. The summed E-state index contributed by atoms with van der Waals surface area (Å²) in [5, 5.41) is 0. The number of esters is 2. The maximum Gasteiger partial charge on any atom is 0.338 e. The van der Waals surface area contributed by atoms with Gasteiger partial charge in [0.1, 0.15) is 11.2 Å². The third-order valence-corrected chi connectivity index (χ3v) is 3.07. The first-order valence-electron chi connectivity index (χ1n) is 8.21. The molecular weight excluding hydrogens is 304 g/mol. The topological polar surface area (TPSA) is 52.6 Å². The van der Waals surface area contributed by atoms with E-state index in [4.69, 9.17) is 9.47 Å². The minimum absolute atomic E-state index is 0.214. The summed E-state index contributed by atoms with van der Waals surface area (Å²) in [5.41, 5.74) is 0.194. The van der Waals surface area contributed by atoms with Gasteiger partial charge in [-0.3, -0.25) is 0 Å². The monoisotopic (exact) mass is 334 g/mol. The Morgan fingerprint density at radius 1 is 0.667 bits per heavy atom. The molecule has 0 amide bonds. The molecule has 0 saturated carbocycles. The zero-order chi connectivity index (χ0) is 18.9. The van der Waals surface area contributed by atoms with Crippen LogP contribution in [-0.2, 0) is 14.9 Å². The number of carbonyl (C=O) groups is 2. The smallest absolute Gasteiger partial charge is 0.338 e. The lowest BCUT2D eigenvalue weighted by atomic mass is 9.85. The number of ether oxygens (including phenoxy) is 2. The molecule has 4 heteroatoms. The molecule has 1 aromatic rings. The molecule has 0 radical (unpaired) electrons. The number of rotatable bonds is 2. The normalized spacial score (nSPS) is 12.7. The minimum Gasteiger partial charge on any atom is -0.456 e. The van der Waals surface area contributed by atoms with Crippen molar-refractivity contribution in [2.75, 3.05) is 0 Å². The van der Waals surface area contributed by atoms with Crippen molar-refractivity contribution in [1.29, 1.82) is 0 Å². The Labute approximate surface area is 145 Å². The van der Waals surface area contributed by atoms with E-state index >= 15 is 0 Å². The highest BCUT2D eigenvalue weighted by Gasteiger charge is 2.25. The first-order chi connectivity index (χ1) is 10.6. The van der Waals surface area contributed by atoms with Gasteiger partial charge in [0, 0.05) is 0 Å². The van der Waals surface area contributed by atoms with E-state index < -0.39 is 23.1 Å². The number of hydrogen-bond donors (Lipinski definition) is 0. The molecule has 0 saturated heterocycles. The molecule has 0 aliphatic carbocycles. The third-order valence-electron chi connectivity index (χ3n) is 3.07. The Morgan fingerprint density at radius 2 is 1.00 bits per heavy atom. The summed E-state index contributed by atoms with van der Waals surface area (Å²) < 4.78 is 10.9. The first-order valence-corrected chi connectivity index (χ1v) is 8.21. The van der Waals surface area contributed by atoms with Gasteiger partial charge in [0.05, 0.1) is 11.1 Å². The molecule has 0 bridgehead atoms. The van der Waals surface area contributed by atoms with E-state index in [0.717, 1.165) is 5.56 Å². The second-order valence-electron chi connectivity index (χ2n) is 9.05. The Kier molecular flexibility index (Phi) is 5.54. The van der Waals surface area contributed by atoms with E-state index in [1.807, 2.05) is 62.3 Å².